The van der Waals surface area contributed by atoms with Gasteiger partial charge in [0.2, 0.25) is 0 Å². The summed E-state index contributed by atoms with van der Waals surface area (Å²) in [5.41, 5.74) is 0. The molecule has 0 aliphatic rings. The van der Waals surface area contributed by atoms with Gasteiger partial charge in [0.05, 0.1) is 0 Å². The number of unbranched alkanes of at least 4 members (excludes halogenated alkanes) is 10. The van der Waals surface area contributed by atoms with E-state index in [-0.39, 0.29) is 0 Å². The van der Waals surface area contributed by atoms with Gasteiger partial charge in [-0.15, -0.1) is 0 Å². The van der Waals surface area contributed by atoms with Crippen molar-refractivity contribution in [1.82, 2.24) is 0 Å². The number of ether oxygens (including phenoxy) is 1. The van der Waals surface area contributed by atoms with Gasteiger partial charge in [-0.05, 0) is 6.42 Å². The normalized spacial score (nSPS) is 11.2. The molecule has 136 valence electrons. The van der Waals surface area contributed by atoms with E-state index in [1.165, 1.54) is 82.1 Å². The van der Waals surface area contributed by atoms with Crippen molar-refractivity contribution in [2.75, 3.05) is 13.2 Å². The fourth-order valence-electron chi connectivity index (χ4n) is 2.25. The average Bonchev–Trinajstić information content (AvgIpc) is 2.46. The van der Waals surface area contributed by atoms with Crippen molar-refractivity contribution < 1.29 is 22.3 Å². The maximum absolute atomic E-state index is 8.74. The molecule has 0 saturated carbocycles. The van der Waals surface area contributed by atoms with Gasteiger partial charge in [-0.1, -0.05) is 19.8 Å². The van der Waals surface area contributed by atoms with Crippen LogP contribution in [-0.4, -0.2) is 48.5 Å². The standard InChI is InChI=1S/C16H33O.Li.H2O4S/c1-3-5-7-8-9-10-11-12-14-16-17-15-13-6-4-2;;1-5(2,3)4/h1,3-16H2,2H3;;(H2,1,2,3,4). The third-order valence-electron chi connectivity index (χ3n) is 3.53. The second-order valence-electron chi connectivity index (χ2n) is 5.95. The van der Waals surface area contributed by atoms with E-state index >= 15 is 0 Å². The van der Waals surface area contributed by atoms with E-state index in [1.54, 1.807) is 0 Å². The van der Waals surface area contributed by atoms with Gasteiger partial charge in [0, 0.05) is 6.61 Å². The third-order valence-corrected chi connectivity index (χ3v) is 3.53. The minimum atomic E-state index is -4.67. The van der Waals surface area contributed by atoms with Crippen molar-refractivity contribution in [1.29, 1.82) is 0 Å². The molecule has 2 N–H and O–H groups in total. The summed E-state index contributed by atoms with van der Waals surface area (Å²) < 4.78 is 37.2. The Morgan fingerprint density at radius 1 is 0.739 bits per heavy atom. The number of rotatable bonds is 15. The molecule has 0 spiro atoms. The first-order chi connectivity index (χ1) is 10.9. The monoisotopic (exact) mass is 346 g/mol. The Hall–Kier alpha value is 0.427. The van der Waals surface area contributed by atoms with E-state index in [0.717, 1.165) is 13.2 Å². The molecule has 0 aromatic heterocycles. The predicted octanol–water partition coefficient (Wildman–Crippen LogP) is 4.64. The van der Waals surface area contributed by atoms with Crippen LogP contribution in [0.5, 0.6) is 0 Å². The summed E-state index contributed by atoms with van der Waals surface area (Å²) in [4.78, 5) is 0. The second kappa shape index (κ2) is 20.5. The molecule has 0 aliphatic heterocycles. The Morgan fingerprint density at radius 3 is 1.48 bits per heavy atom. The van der Waals surface area contributed by atoms with Gasteiger partial charge in [0.1, 0.15) is 0 Å². The molecule has 0 unspecified atom stereocenters. The first kappa shape index (κ1) is 25.7. The van der Waals surface area contributed by atoms with E-state index < -0.39 is 10.4 Å². The van der Waals surface area contributed by atoms with Gasteiger partial charge < -0.3 is 0 Å². The molecule has 7 heteroatoms. The maximum atomic E-state index is 8.74. The Balaban J connectivity index is 0. The molecule has 0 aromatic carbocycles. The predicted molar refractivity (Wildman–Crippen MR) is 96.6 cm³/mol. The summed E-state index contributed by atoms with van der Waals surface area (Å²) in [5, 5.41) is 1.36. The molecule has 0 saturated heterocycles. The molecule has 5 nitrogen and oxygen atoms in total. The second-order valence-corrected chi connectivity index (χ2v) is 6.84. The van der Waals surface area contributed by atoms with Crippen molar-refractivity contribution in [2.24, 2.45) is 0 Å². The Bertz CT molecular complexity index is 286. The van der Waals surface area contributed by atoms with Gasteiger partial charge in [0.25, 0.3) is 0 Å². The zero-order chi connectivity index (χ0) is 17.8. The molecular weight excluding hydrogens is 311 g/mol. The van der Waals surface area contributed by atoms with Crippen LogP contribution in [0.1, 0.15) is 84.0 Å². The fourth-order valence-corrected chi connectivity index (χ4v) is 2.25. The van der Waals surface area contributed by atoms with Gasteiger partial charge in [-0.25, -0.2) is 0 Å². The summed E-state index contributed by atoms with van der Waals surface area (Å²) in [6.07, 6.45) is 16.5. The van der Waals surface area contributed by atoms with Crippen LogP contribution >= 0.6 is 0 Å². The van der Waals surface area contributed by atoms with Crippen molar-refractivity contribution in [3.05, 3.63) is 0 Å². The van der Waals surface area contributed by atoms with Crippen LogP contribution in [0.2, 0.25) is 5.09 Å². The molecule has 0 radical (unpaired) electrons. The van der Waals surface area contributed by atoms with Gasteiger partial charge in [0.15, 0.2) is 0 Å². The Morgan fingerprint density at radius 2 is 1.09 bits per heavy atom. The molecule has 0 amide bonds. The van der Waals surface area contributed by atoms with E-state index in [9.17, 15) is 0 Å². The topological polar surface area (TPSA) is 83.8 Å². The average molecular weight is 346 g/mol. The first-order valence-electron chi connectivity index (χ1n) is 9.19. The molecule has 0 bridgehead atoms. The molecule has 0 atom stereocenters. The molecule has 23 heavy (non-hydrogen) atoms. The SMILES string of the molecule is O=S(=O)(O)O.[Li][CH2]CCCCCCCCCCOCCCCC. The van der Waals surface area contributed by atoms with Crippen LogP contribution in [0.3, 0.4) is 0 Å². The van der Waals surface area contributed by atoms with Crippen LogP contribution in [0.15, 0.2) is 0 Å². The van der Waals surface area contributed by atoms with Gasteiger partial charge >= 0.3 is 102 Å². The molecule has 0 aromatic rings. The van der Waals surface area contributed by atoms with Crippen molar-refractivity contribution in [3.8, 4) is 0 Å². The summed E-state index contributed by atoms with van der Waals surface area (Å²) in [5.74, 6) is 0. The number of hydrogen-bond acceptors (Lipinski definition) is 3. The Labute approximate surface area is 152 Å². The first-order valence-corrected chi connectivity index (χ1v) is 10.6. The van der Waals surface area contributed by atoms with Crippen LogP contribution in [0.25, 0.3) is 0 Å². The molecule has 0 fully saturated rings. The van der Waals surface area contributed by atoms with Crippen LogP contribution in [0, 0.1) is 0 Å². The van der Waals surface area contributed by atoms with Crippen LogP contribution < -0.4 is 0 Å². The third kappa shape index (κ3) is 39.3. The van der Waals surface area contributed by atoms with E-state index in [0.29, 0.717) is 0 Å². The van der Waals surface area contributed by atoms with Crippen LogP contribution in [0.4, 0.5) is 0 Å². The molecule has 0 heterocycles. The van der Waals surface area contributed by atoms with Gasteiger partial charge in [-0.2, -0.15) is 8.42 Å². The molecular formula is C16H35LiO5S. The summed E-state index contributed by atoms with van der Waals surface area (Å²) in [7, 11) is -4.67. The summed E-state index contributed by atoms with van der Waals surface area (Å²) >= 11 is 2.28. The smallest absolute Gasteiger partial charge is 0.0654 e. The minimum Gasteiger partial charge on any atom is -0.0654 e. The van der Waals surface area contributed by atoms with Gasteiger partial charge in [-0.3, -0.25) is 9.11 Å². The van der Waals surface area contributed by atoms with Crippen molar-refractivity contribution in [2.45, 2.75) is 89.1 Å². The van der Waals surface area contributed by atoms with Crippen molar-refractivity contribution >= 4 is 28.1 Å². The Kier molecular flexibility index (Phi) is 22.8. The van der Waals surface area contributed by atoms with Crippen LogP contribution in [-0.2, 0) is 15.1 Å². The van der Waals surface area contributed by atoms with E-state index in [1.807, 2.05) is 0 Å². The minimum absolute atomic E-state index is 0.977. The summed E-state index contributed by atoms with van der Waals surface area (Å²) in [6, 6.07) is 0. The zero-order valence-corrected chi connectivity index (χ0v) is 16.0. The van der Waals surface area contributed by atoms with E-state index in [4.69, 9.17) is 22.3 Å². The van der Waals surface area contributed by atoms with E-state index in [2.05, 4.69) is 24.6 Å². The molecule has 0 aliphatic carbocycles. The quantitative estimate of drug-likeness (QED) is 0.256. The van der Waals surface area contributed by atoms with Crippen molar-refractivity contribution in [3.63, 3.8) is 0 Å². The zero-order valence-electron chi connectivity index (χ0n) is 15.1. The fraction of sp³-hybridized carbons (Fsp3) is 1.00. The summed E-state index contributed by atoms with van der Waals surface area (Å²) in [6.45, 7) is 4.20. The number of hydrogen-bond donors (Lipinski definition) is 2. The molecule has 0 rings (SSSR count).